The summed E-state index contributed by atoms with van der Waals surface area (Å²) in [5.41, 5.74) is 1.50. The first-order chi connectivity index (χ1) is 11.4. The number of guanidine groups is 1. The van der Waals surface area contributed by atoms with Crippen molar-refractivity contribution in [1.82, 2.24) is 16.0 Å². The molecule has 1 aliphatic rings. The minimum atomic E-state index is -2.93. The van der Waals surface area contributed by atoms with Crippen LogP contribution < -0.4 is 16.0 Å². The lowest BCUT2D eigenvalue weighted by Crippen LogP contribution is -2.44. The number of sulfone groups is 1. The predicted octanol–water partition coefficient (Wildman–Crippen LogP) is 0.906. The van der Waals surface area contributed by atoms with E-state index < -0.39 is 9.84 Å². The third kappa shape index (κ3) is 6.81. The third-order valence-corrected chi connectivity index (χ3v) is 5.52. The molecular weight excluding hydrogens is 455 g/mol. The monoisotopic (exact) mass is 480 g/mol. The van der Waals surface area contributed by atoms with Gasteiger partial charge in [-0.2, -0.15) is 0 Å². The SMILES string of the molecule is CCNC(=NCc1cccc(C(=O)NC)c1)NC1CCS(=O)(=O)C1.I. The zero-order valence-electron chi connectivity index (χ0n) is 14.4. The summed E-state index contributed by atoms with van der Waals surface area (Å²) in [6.07, 6.45) is 0.596. The van der Waals surface area contributed by atoms with Crippen LogP contribution >= 0.6 is 24.0 Å². The molecular formula is C16H25IN4O3S. The van der Waals surface area contributed by atoms with Crippen molar-refractivity contribution >= 4 is 45.7 Å². The van der Waals surface area contributed by atoms with E-state index in [0.29, 0.717) is 31.0 Å². The molecule has 1 aliphatic heterocycles. The van der Waals surface area contributed by atoms with Crippen molar-refractivity contribution in [1.29, 1.82) is 0 Å². The minimum absolute atomic E-state index is 0. The van der Waals surface area contributed by atoms with Gasteiger partial charge in [0.25, 0.3) is 5.91 Å². The number of nitrogens with zero attached hydrogens (tertiary/aromatic N) is 1. The lowest BCUT2D eigenvalue weighted by molar-refractivity contribution is 0.0963. The standard InChI is InChI=1S/C16H24N4O3S.HI/c1-3-18-16(20-14-7-8-24(22,23)11-14)19-10-12-5-4-6-13(9-12)15(21)17-2;/h4-6,9,14H,3,7-8,10-11H2,1-2H3,(H,17,21)(H2,18,19,20);1H. The molecule has 0 saturated carbocycles. The first-order valence-corrected chi connectivity index (χ1v) is 9.82. The van der Waals surface area contributed by atoms with Crippen LogP contribution in [0.1, 0.15) is 29.3 Å². The second-order valence-electron chi connectivity index (χ2n) is 5.72. The Bertz CT molecular complexity index is 722. The fourth-order valence-corrected chi connectivity index (χ4v) is 4.22. The Kier molecular flexibility index (Phi) is 8.63. The molecule has 0 bridgehead atoms. The zero-order chi connectivity index (χ0) is 17.6. The molecule has 1 aromatic rings. The van der Waals surface area contributed by atoms with Crippen molar-refractivity contribution in [2.75, 3.05) is 25.1 Å². The summed E-state index contributed by atoms with van der Waals surface area (Å²) in [6.45, 7) is 3.04. The number of carbonyl (C=O) groups is 1. The summed E-state index contributed by atoms with van der Waals surface area (Å²) in [5.74, 6) is 0.814. The van der Waals surface area contributed by atoms with E-state index in [9.17, 15) is 13.2 Å². The highest BCUT2D eigenvalue weighted by Crippen LogP contribution is 2.11. The van der Waals surface area contributed by atoms with E-state index in [1.54, 1.807) is 19.2 Å². The average Bonchev–Trinajstić information content (AvgIpc) is 2.91. The summed E-state index contributed by atoms with van der Waals surface area (Å²) in [7, 11) is -1.34. The Morgan fingerprint density at radius 1 is 1.36 bits per heavy atom. The fraction of sp³-hybridized carbons (Fsp3) is 0.500. The van der Waals surface area contributed by atoms with Gasteiger partial charge in [-0.05, 0) is 31.0 Å². The van der Waals surface area contributed by atoms with Gasteiger partial charge in [0, 0.05) is 25.2 Å². The van der Waals surface area contributed by atoms with E-state index in [1.165, 1.54) is 0 Å². The number of benzene rings is 1. The van der Waals surface area contributed by atoms with Gasteiger partial charge in [-0.3, -0.25) is 4.79 Å². The Balaban J connectivity index is 0.00000312. The van der Waals surface area contributed by atoms with Crippen LogP contribution in [0.3, 0.4) is 0 Å². The van der Waals surface area contributed by atoms with Crippen LogP contribution in [0.15, 0.2) is 29.3 Å². The summed E-state index contributed by atoms with van der Waals surface area (Å²) in [4.78, 5) is 16.2. The number of hydrogen-bond acceptors (Lipinski definition) is 4. The molecule has 7 nitrogen and oxygen atoms in total. The molecule has 1 saturated heterocycles. The van der Waals surface area contributed by atoms with Crippen molar-refractivity contribution in [2.45, 2.75) is 25.9 Å². The fourth-order valence-electron chi connectivity index (χ4n) is 2.55. The van der Waals surface area contributed by atoms with Gasteiger partial charge in [-0.25, -0.2) is 13.4 Å². The number of hydrogen-bond donors (Lipinski definition) is 3. The molecule has 1 fully saturated rings. The number of aliphatic imine (C=N–C) groups is 1. The predicted molar refractivity (Wildman–Crippen MR) is 110 cm³/mol. The maximum Gasteiger partial charge on any atom is 0.251 e. The van der Waals surface area contributed by atoms with Gasteiger partial charge in [-0.1, -0.05) is 12.1 Å². The normalized spacial score (nSPS) is 19.0. The van der Waals surface area contributed by atoms with Gasteiger partial charge in [0.15, 0.2) is 15.8 Å². The molecule has 9 heteroatoms. The molecule has 25 heavy (non-hydrogen) atoms. The number of amides is 1. The summed E-state index contributed by atoms with van der Waals surface area (Å²) in [5, 5.41) is 8.89. The topological polar surface area (TPSA) is 99.7 Å². The van der Waals surface area contributed by atoms with E-state index in [0.717, 1.165) is 5.56 Å². The Morgan fingerprint density at radius 3 is 2.72 bits per heavy atom. The first kappa shape index (κ1) is 21.7. The highest BCUT2D eigenvalue weighted by atomic mass is 127. The largest absolute Gasteiger partial charge is 0.357 e. The van der Waals surface area contributed by atoms with Crippen LogP contribution in [0.25, 0.3) is 0 Å². The summed E-state index contributed by atoms with van der Waals surface area (Å²) >= 11 is 0. The van der Waals surface area contributed by atoms with Crippen LogP contribution in [-0.4, -0.2) is 51.4 Å². The highest BCUT2D eigenvalue weighted by Gasteiger charge is 2.28. The van der Waals surface area contributed by atoms with Gasteiger partial charge >= 0.3 is 0 Å². The quantitative estimate of drug-likeness (QED) is 0.331. The Morgan fingerprint density at radius 2 is 2.12 bits per heavy atom. The molecule has 0 aromatic heterocycles. The molecule has 1 aromatic carbocycles. The summed E-state index contributed by atoms with van der Waals surface area (Å²) < 4.78 is 23.1. The smallest absolute Gasteiger partial charge is 0.251 e. The zero-order valence-corrected chi connectivity index (χ0v) is 17.6. The number of carbonyl (C=O) groups excluding carboxylic acids is 1. The van der Waals surface area contributed by atoms with Crippen molar-refractivity contribution < 1.29 is 13.2 Å². The van der Waals surface area contributed by atoms with Gasteiger partial charge in [0.2, 0.25) is 0 Å². The van der Waals surface area contributed by atoms with Gasteiger partial charge in [0.1, 0.15) is 0 Å². The Hall–Kier alpha value is -1.36. The molecule has 1 amide bonds. The van der Waals surface area contributed by atoms with Gasteiger partial charge in [-0.15, -0.1) is 24.0 Å². The molecule has 0 spiro atoms. The molecule has 2 rings (SSSR count). The van der Waals surface area contributed by atoms with E-state index >= 15 is 0 Å². The van der Waals surface area contributed by atoms with Crippen molar-refractivity contribution in [3.63, 3.8) is 0 Å². The van der Waals surface area contributed by atoms with E-state index in [-0.39, 0.29) is 47.4 Å². The van der Waals surface area contributed by atoms with Crippen LogP contribution in [-0.2, 0) is 16.4 Å². The van der Waals surface area contributed by atoms with E-state index in [1.807, 2.05) is 19.1 Å². The Labute approximate surface area is 166 Å². The lowest BCUT2D eigenvalue weighted by atomic mass is 10.1. The molecule has 1 heterocycles. The summed E-state index contributed by atoms with van der Waals surface area (Å²) in [6, 6.07) is 7.16. The van der Waals surface area contributed by atoms with Gasteiger partial charge in [0.05, 0.1) is 18.1 Å². The molecule has 1 unspecified atom stereocenters. The van der Waals surface area contributed by atoms with Crippen LogP contribution in [0.4, 0.5) is 0 Å². The third-order valence-electron chi connectivity index (χ3n) is 3.75. The maximum atomic E-state index is 11.7. The van der Waals surface area contributed by atoms with Crippen LogP contribution in [0.5, 0.6) is 0 Å². The molecule has 3 N–H and O–H groups in total. The molecule has 0 radical (unpaired) electrons. The van der Waals surface area contributed by atoms with Crippen molar-refractivity contribution in [3.8, 4) is 0 Å². The first-order valence-electron chi connectivity index (χ1n) is 8.00. The molecule has 0 aliphatic carbocycles. The van der Waals surface area contributed by atoms with Gasteiger partial charge < -0.3 is 16.0 Å². The highest BCUT2D eigenvalue weighted by molar-refractivity contribution is 14.0. The molecule has 140 valence electrons. The van der Waals surface area contributed by atoms with E-state index in [2.05, 4.69) is 20.9 Å². The molecule has 1 atom stereocenters. The second-order valence-corrected chi connectivity index (χ2v) is 7.95. The maximum absolute atomic E-state index is 11.7. The van der Waals surface area contributed by atoms with Crippen LogP contribution in [0.2, 0.25) is 0 Å². The van der Waals surface area contributed by atoms with Crippen LogP contribution in [0, 0.1) is 0 Å². The van der Waals surface area contributed by atoms with Crippen molar-refractivity contribution in [3.05, 3.63) is 35.4 Å². The average molecular weight is 480 g/mol. The van der Waals surface area contributed by atoms with Crippen molar-refractivity contribution in [2.24, 2.45) is 4.99 Å². The second kappa shape index (κ2) is 9.95. The number of nitrogens with one attached hydrogen (secondary N) is 3. The lowest BCUT2D eigenvalue weighted by Gasteiger charge is -2.15. The van der Waals surface area contributed by atoms with E-state index in [4.69, 9.17) is 0 Å². The minimum Gasteiger partial charge on any atom is -0.357 e. The number of rotatable bonds is 5. The number of halogens is 1.